The Kier molecular flexibility index (Phi) is 20.2. The van der Waals surface area contributed by atoms with Crippen LogP contribution in [-0.2, 0) is 32.3 Å². The van der Waals surface area contributed by atoms with Gasteiger partial charge in [-0.25, -0.2) is 0 Å². The van der Waals surface area contributed by atoms with Crippen LogP contribution in [0.5, 0.6) is 23.0 Å². The Morgan fingerprint density at radius 2 is 0.929 bits per heavy atom. The van der Waals surface area contributed by atoms with Gasteiger partial charge in [0.2, 0.25) is 0 Å². The molecule has 8 heteroatoms. The van der Waals surface area contributed by atoms with Crippen molar-refractivity contribution in [2.45, 2.75) is 117 Å². The maximum Gasteiger partial charge on any atom is 0.306 e. The van der Waals surface area contributed by atoms with Crippen LogP contribution in [0.4, 0.5) is 0 Å². The Balaban J connectivity index is 0.000000420. The molecule has 0 atom stereocenters. The molecule has 0 aliphatic rings. The number of hydrogen-bond donors (Lipinski definition) is 2. The highest BCUT2D eigenvalue weighted by atomic mass is 16.5. The van der Waals surface area contributed by atoms with Crippen LogP contribution in [0.3, 0.4) is 0 Å². The quantitative estimate of drug-likeness (QED) is 0.117. The molecular formula is C34H52O8. The summed E-state index contributed by atoms with van der Waals surface area (Å²) < 4.78 is 20.5. The van der Waals surface area contributed by atoms with Crippen LogP contribution in [0.2, 0.25) is 0 Å². The van der Waals surface area contributed by atoms with Gasteiger partial charge in [0.1, 0.15) is 13.2 Å². The topological polar surface area (TPSA) is 112 Å². The van der Waals surface area contributed by atoms with Crippen LogP contribution in [0.15, 0.2) is 36.4 Å². The number of hydrogen-bond acceptors (Lipinski definition) is 8. The van der Waals surface area contributed by atoms with Crippen LogP contribution >= 0.6 is 0 Å². The number of aromatic hydroxyl groups is 2. The maximum atomic E-state index is 11.6. The van der Waals surface area contributed by atoms with E-state index < -0.39 is 0 Å². The van der Waals surface area contributed by atoms with E-state index in [1.54, 1.807) is 24.3 Å². The van der Waals surface area contributed by atoms with Gasteiger partial charge in [-0.2, -0.15) is 0 Å². The third kappa shape index (κ3) is 16.7. The highest BCUT2D eigenvalue weighted by Crippen LogP contribution is 2.27. The Bertz CT molecular complexity index is 939. The molecule has 42 heavy (non-hydrogen) atoms. The number of carbonyl (C=O) groups excluding carboxylic acids is 2. The second kappa shape index (κ2) is 23.2. The molecular weight excluding hydrogens is 536 g/mol. The molecule has 0 heterocycles. The molecule has 0 amide bonds. The molecule has 0 saturated carbocycles. The lowest BCUT2D eigenvalue weighted by molar-refractivity contribution is -0.146. The van der Waals surface area contributed by atoms with E-state index in [4.69, 9.17) is 18.9 Å². The molecule has 0 aromatic heterocycles. The average molecular weight is 589 g/mol. The van der Waals surface area contributed by atoms with Gasteiger partial charge in [-0.1, -0.05) is 90.2 Å². The summed E-state index contributed by atoms with van der Waals surface area (Å²) in [5.41, 5.74) is 1.61. The summed E-state index contributed by atoms with van der Waals surface area (Å²) in [6, 6.07) is 9.86. The van der Waals surface area contributed by atoms with Gasteiger partial charge >= 0.3 is 11.9 Å². The first-order chi connectivity index (χ1) is 20.3. The van der Waals surface area contributed by atoms with Crippen LogP contribution in [0.1, 0.15) is 115 Å². The van der Waals surface area contributed by atoms with E-state index in [9.17, 15) is 19.8 Å². The van der Waals surface area contributed by atoms with Crippen molar-refractivity contribution in [1.29, 1.82) is 0 Å². The molecule has 0 radical (unpaired) electrons. The van der Waals surface area contributed by atoms with Gasteiger partial charge in [0.15, 0.2) is 23.0 Å². The van der Waals surface area contributed by atoms with Crippen LogP contribution in [-0.4, -0.2) is 36.4 Å². The number of benzene rings is 2. The zero-order valence-corrected chi connectivity index (χ0v) is 26.1. The number of carbonyl (C=O) groups is 2. The van der Waals surface area contributed by atoms with E-state index in [1.807, 2.05) is 0 Å². The SMILES string of the molecule is CCCCCCCCC(=O)OCc1ccc(O)c(OC)c1.CCCCCCCCC(=O)OCc1ccc(O)c(OC)c1. The summed E-state index contributed by atoms with van der Waals surface area (Å²) in [5, 5.41) is 19.0. The molecule has 0 saturated heterocycles. The minimum Gasteiger partial charge on any atom is -0.504 e. The molecule has 0 spiro atoms. The molecule has 2 N–H and O–H groups in total. The number of rotatable bonds is 20. The van der Waals surface area contributed by atoms with Gasteiger partial charge in [0.05, 0.1) is 14.2 Å². The largest absolute Gasteiger partial charge is 0.504 e. The van der Waals surface area contributed by atoms with Crippen LogP contribution in [0, 0.1) is 0 Å². The second-order valence-electron chi connectivity index (χ2n) is 10.4. The van der Waals surface area contributed by atoms with Crippen LogP contribution in [0.25, 0.3) is 0 Å². The fraction of sp³-hybridized carbons (Fsp3) is 0.588. The average Bonchev–Trinajstić information content (AvgIpc) is 3.00. The van der Waals surface area contributed by atoms with Crippen molar-refractivity contribution in [3.05, 3.63) is 47.5 Å². The first kappa shape index (κ1) is 36.6. The van der Waals surface area contributed by atoms with Crippen molar-refractivity contribution in [2.75, 3.05) is 14.2 Å². The van der Waals surface area contributed by atoms with Gasteiger partial charge in [-0.15, -0.1) is 0 Å². The van der Waals surface area contributed by atoms with E-state index >= 15 is 0 Å². The zero-order chi connectivity index (χ0) is 31.0. The molecule has 0 aliphatic carbocycles. The molecule has 2 aromatic rings. The maximum absolute atomic E-state index is 11.6. The first-order valence-corrected chi connectivity index (χ1v) is 15.4. The summed E-state index contributed by atoms with van der Waals surface area (Å²) in [5.74, 6) is 0.605. The minimum atomic E-state index is -0.169. The number of methoxy groups -OCH3 is 2. The van der Waals surface area contributed by atoms with Crippen molar-refractivity contribution < 1.29 is 38.7 Å². The predicted molar refractivity (Wildman–Crippen MR) is 165 cm³/mol. The van der Waals surface area contributed by atoms with Gasteiger partial charge in [0.25, 0.3) is 0 Å². The molecule has 0 bridgehead atoms. The first-order valence-electron chi connectivity index (χ1n) is 15.4. The van der Waals surface area contributed by atoms with E-state index in [-0.39, 0.29) is 36.7 Å². The van der Waals surface area contributed by atoms with Gasteiger partial charge in [-0.3, -0.25) is 9.59 Å². The van der Waals surface area contributed by atoms with E-state index in [2.05, 4.69) is 13.8 Å². The normalized spacial score (nSPS) is 10.4. The van der Waals surface area contributed by atoms with Gasteiger partial charge in [-0.05, 0) is 48.2 Å². The standard InChI is InChI=1S/2C17H26O4/c2*1-3-4-5-6-7-8-9-17(19)21-13-14-10-11-15(18)16(12-14)20-2/h2*10-12,18H,3-9,13H2,1-2H3. The van der Waals surface area contributed by atoms with Crippen molar-refractivity contribution in [3.8, 4) is 23.0 Å². The van der Waals surface area contributed by atoms with Gasteiger partial charge < -0.3 is 29.2 Å². The highest BCUT2D eigenvalue weighted by molar-refractivity contribution is 5.69. The molecule has 236 valence electrons. The Morgan fingerprint density at radius 1 is 0.571 bits per heavy atom. The predicted octanol–water partition coefficient (Wildman–Crippen LogP) is 8.39. The summed E-state index contributed by atoms with van der Waals surface area (Å²) in [6.45, 7) is 4.81. The Labute approximate surface area is 252 Å². The Morgan fingerprint density at radius 3 is 1.29 bits per heavy atom. The molecule has 2 aromatic carbocycles. The lowest BCUT2D eigenvalue weighted by Crippen LogP contribution is -2.04. The van der Waals surface area contributed by atoms with E-state index in [1.165, 1.54) is 77.7 Å². The summed E-state index contributed by atoms with van der Waals surface area (Å²) in [7, 11) is 2.98. The van der Waals surface area contributed by atoms with Crippen molar-refractivity contribution in [1.82, 2.24) is 0 Å². The number of esters is 2. The van der Waals surface area contributed by atoms with Crippen molar-refractivity contribution in [3.63, 3.8) is 0 Å². The second-order valence-corrected chi connectivity index (χ2v) is 10.4. The molecule has 0 fully saturated rings. The summed E-state index contributed by atoms with van der Waals surface area (Å²) in [6.07, 6.45) is 14.8. The molecule has 0 unspecified atom stereocenters. The van der Waals surface area contributed by atoms with Crippen molar-refractivity contribution in [2.24, 2.45) is 0 Å². The Hall–Kier alpha value is -3.42. The minimum absolute atomic E-state index is 0.0830. The summed E-state index contributed by atoms with van der Waals surface area (Å²) in [4.78, 5) is 23.2. The zero-order valence-electron chi connectivity index (χ0n) is 26.1. The number of phenols is 2. The summed E-state index contributed by atoms with van der Waals surface area (Å²) >= 11 is 0. The van der Waals surface area contributed by atoms with E-state index in [0.717, 1.165) is 36.8 Å². The molecule has 2 rings (SSSR count). The monoisotopic (exact) mass is 588 g/mol. The van der Waals surface area contributed by atoms with E-state index in [0.29, 0.717) is 24.3 Å². The molecule has 8 nitrogen and oxygen atoms in total. The smallest absolute Gasteiger partial charge is 0.306 e. The third-order valence-electron chi connectivity index (χ3n) is 6.76. The van der Waals surface area contributed by atoms with Gasteiger partial charge in [0, 0.05) is 12.8 Å². The lowest BCUT2D eigenvalue weighted by atomic mass is 10.1. The highest BCUT2D eigenvalue weighted by Gasteiger charge is 2.08. The number of phenolic OH excluding ortho intramolecular Hbond substituents is 2. The fourth-order valence-corrected chi connectivity index (χ4v) is 4.19. The number of ether oxygens (including phenoxy) is 4. The fourth-order valence-electron chi connectivity index (χ4n) is 4.19. The van der Waals surface area contributed by atoms with Crippen molar-refractivity contribution >= 4 is 11.9 Å². The number of unbranched alkanes of at least 4 members (excludes halogenated alkanes) is 10. The lowest BCUT2D eigenvalue weighted by Gasteiger charge is -2.08. The molecule has 0 aliphatic heterocycles. The van der Waals surface area contributed by atoms with Crippen LogP contribution < -0.4 is 9.47 Å². The third-order valence-corrected chi connectivity index (χ3v) is 6.76.